The number of carbonyl (C=O) groups is 1. The first-order valence-electron chi connectivity index (χ1n) is 9.71. The Morgan fingerprint density at radius 1 is 1.11 bits per heavy atom. The van der Waals surface area contributed by atoms with Crippen molar-refractivity contribution >= 4 is 5.97 Å². The van der Waals surface area contributed by atoms with E-state index >= 15 is 0 Å². The van der Waals surface area contributed by atoms with E-state index in [-0.39, 0.29) is 6.61 Å². The Morgan fingerprint density at radius 3 is 2.33 bits per heavy atom. The third kappa shape index (κ3) is 13.0. The van der Waals surface area contributed by atoms with Crippen LogP contribution in [0.3, 0.4) is 0 Å². The van der Waals surface area contributed by atoms with Gasteiger partial charge in [-0.1, -0.05) is 56.9 Å². The van der Waals surface area contributed by atoms with Crippen LogP contribution in [0, 0.1) is 11.8 Å². The molecule has 0 aromatic heterocycles. The highest BCUT2D eigenvalue weighted by Crippen LogP contribution is 2.21. The van der Waals surface area contributed by atoms with Gasteiger partial charge in [-0.25, -0.2) is 0 Å². The van der Waals surface area contributed by atoms with Gasteiger partial charge in [-0.05, 0) is 24.0 Å². The summed E-state index contributed by atoms with van der Waals surface area (Å²) in [6.07, 6.45) is 8.10. The first kappa shape index (κ1) is 25.1. The molecule has 1 aromatic carbocycles. The van der Waals surface area contributed by atoms with Gasteiger partial charge in [-0.3, -0.25) is 4.79 Å². The fourth-order valence-electron chi connectivity index (χ4n) is 2.57. The lowest BCUT2D eigenvalue weighted by Gasteiger charge is -2.19. The molecule has 0 spiro atoms. The van der Waals surface area contributed by atoms with E-state index < -0.39 is 18.1 Å². The molecule has 2 atom stereocenters. The number of rotatable bonds is 10. The fraction of sp³-hybridized carbons (Fsp3) is 0.591. The van der Waals surface area contributed by atoms with Crippen molar-refractivity contribution in [2.45, 2.75) is 77.4 Å². The lowest BCUT2D eigenvalue weighted by Crippen LogP contribution is -2.32. The predicted molar refractivity (Wildman–Crippen MR) is 109 cm³/mol. The molecule has 0 aliphatic heterocycles. The van der Waals surface area contributed by atoms with Crippen molar-refractivity contribution in [1.82, 2.24) is 0 Å². The van der Waals surface area contributed by atoms with Gasteiger partial charge < -0.3 is 21.1 Å². The third-order valence-electron chi connectivity index (χ3n) is 4.04. The normalized spacial score (nSPS) is 12.2. The van der Waals surface area contributed by atoms with Crippen LogP contribution in [0.2, 0.25) is 0 Å². The average molecular weight is 378 g/mol. The van der Waals surface area contributed by atoms with Gasteiger partial charge in [0.25, 0.3) is 5.97 Å². The van der Waals surface area contributed by atoms with Crippen molar-refractivity contribution in [3.63, 3.8) is 0 Å². The maximum Gasteiger partial charge on any atom is 0.300 e. The summed E-state index contributed by atoms with van der Waals surface area (Å²) in [6, 6.07) is 7.06. The molecule has 1 aromatic rings. The molecule has 0 heterocycles. The van der Waals surface area contributed by atoms with Crippen LogP contribution in [0.5, 0.6) is 0 Å². The number of aryl methyl sites for hydroxylation is 1. The summed E-state index contributed by atoms with van der Waals surface area (Å²) in [5, 5.41) is 26.7. The average Bonchev–Trinajstić information content (AvgIpc) is 2.65. The predicted octanol–water partition coefficient (Wildman–Crippen LogP) is 3.43. The van der Waals surface area contributed by atoms with Gasteiger partial charge >= 0.3 is 0 Å². The monoisotopic (exact) mass is 377 g/mol. The van der Waals surface area contributed by atoms with E-state index in [1.54, 1.807) is 0 Å². The van der Waals surface area contributed by atoms with Crippen LogP contribution in [-0.4, -0.2) is 33.9 Å². The number of unbranched alkanes of at least 4 members (excludes halogenated alkanes) is 5. The van der Waals surface area contributed by atoms with Gasteiger partial charge in [0.05, 0.1) is 18.8 Å². The maximum atomic E-state index is 10.2. The second-order valence-corrected chi connectivity index (χ2v) is 6.53. The van der Waals surface area contributed by atoms with Crippen molar-refractivity contribution in [2.75, 3.05) is 6.61 Å². The highest BCUT2D eigenvalue weighted by molar-refractivity contribution is 5.62. The molecule has 0 radical (unpaired) electrons. The quantitative estimate of drug-likeness (QED) is 0.369. The lowest BCUT2D eigenvalue weighted by molar-refractivity contribution is -0.134. The summed E-state index contributed by atoms with van der Waals surface area (Å²) in [6.45, 7) is 3.08. The Morgan fingerprint density at radius 2 is 1.70 bits per heavy atom. The van der Waals surface area contributed by atoms with E-state index in [2.05, 4.69) is 18.8 Å². The minimum atomic E-state index is -0.833. The van der Waals surface area contributed by atoms with Crippen molar-refractivity contribution in [3.05, 3.63) is 35.4 Å². The number of carboxylic acids is 1. The van der Waals surface area contributed by atoms with E-state index in [9.17, 15) is 5.11 Å². The van der Waals surface area contributed by atoms with Gasteiger partial charge in [0.1, 0.15) is 0 Å². The summed E-state index contributed by atoms with van der Waals surface area (Å²) in [7, 11) is 0. The highest BCUT2D eigenvalue weighted by Gasteiger charge is 2.18. The summed E-state index contributed by atoms with van der Waals surface area (Å²) >= 11 is 0. The van der Waals surface area contributed by atoms with E-state index in [0.29, 0.717) is 0 Å². The van der Waals surface area contributed by atoms with E-state index in [1.165, 1.54) is 32.1 Å². The lowest BCUT2D eigenvalue weighted by atomic mass is 9.95. The van der Waals surface area contributed by atoms with Crippen LogP contribution in [-0.2, 0) is 11.2 Å². The molecule has 1 rings (SSSR count). The van der Waals surface area contributed by atoms with Gasteiger partial charge in [0, 0.05) is 19.8 Å². The summed E-state index contributed by atoms with van der Waals surface area (Å²) in [4.78, 5) is 9.00. The number of aliphatic hydroxyl groups is 2. The molecule has 0 saturated heterocycles. The number of benzene rings is 1. The highest BCUT2D eigenvalue weighted by atomic mass is 16.4. The zero-order valence-corrected chi connectivity index (χ0v) is 16.7. The van der Waals surface area contributed by atoms with Crippen LogP contribution in [0.4, 0.5) is 0 Å². The second-order valence-electron chi connectivity index (χ2n) is 6.53. The number of nitrogens with two attached hydrogens (primary N) is 1. The number of carboxylic acid groups (broad SMARTS) is 1. The molecule has 0 bridgehead atoms. The number of aliphatic hydroxyl groups excluding tert-OH is 2. The Balaban J connectivity index is 0.00000153. The van der Waals surface area contributed by atoms with E-state index in [1.807, 2.05) is 24.3 Å². The van der Waals surface area contributed by atoms with Crippen molar-refractivity contribution < 1.29 is 20.1 Å². The van der Waals surface area contributed by atoms with Crippen LogP contribution >= 0.6 is 0 Å². The second kappa shape index (κ2) is 16.3. The van der Waals surface area contributed by atoms with Crippen LogP contribution in [0.15, 0.2) is 24.3 Å². The van der Waals surface area contributed by atoms with Gasteiger partial charge in [0.2, 0.25) is 0 Å². The molecule has 2 unspecified atom stereocenters. The van der Waals surface area contributed by atoms with Crippen molar-refractivity contribution in [3.8, 4) is 11.8 Å². The SMILES string of the molecule is CC(=O)O.CCCCCCCC#CCCc1ccccc1C(O)C(N)CO. The van der Waals surface area contributed by atoms with Crippen molar-refractivity contribution in [1.29, 1.82) is 0 Å². The fourth-order valence-corrected chi connectivity index (χ4v) is 2.57. The molecule has 5 N–H and O–H groups in total. The zero-order chi connectivity index (χ0) is 20.5. The topological polar surface area (TPSA) is 104 Å². The molecular weight excluding hydrogens is 342 g/mol. The third-order valence-corrected chi connectivity index (χ3v) is 4.04. The molecule has 152 valence electrons. The Hall–Kier alpha value is -1.87. The maximum absolute atomic E-state index is 10.2. The molecule has 0 saturated carbocycles. The minimum absolute atomic E-state index is 0.229. The Kier molecular flexibility index (Phi) is 15.2. The number of hydrogen-bond donors (Lipinski definition) is 4. The van der Waals surface area contributed by atoms with Gasteiger partial charge in [-0.15, -0.1) is 11.8 Å². The summed E-state index contributed by atoms with van der Waals surface area (Å²) < 4.78 is 0. The number of hydrogen-bond acceptors (Lipinski definition) is 4. The largest absolute Gasteiger partial charge is 0.481 e. The molecular formula is C22H35NO4. The molecule has 5 heteroatoms. The first-order chi connectivity index (χ1) is 12.9. The van der Waals surface area contributed by atoms with E-state index in [4.69, 9.17) is 20.7 Å². The van der Waals surface area contributed by atoms with Crippen LogP contribution < -0.4 is 5.73 Å². The first-order valence-corrected chi connectivity index (χ1v) is 9.71. The van der Waals surface area contributed by atoms with Crippen molar-refractivity contribution in [2.24, 2.45) is 5.73 Å². The molecule has 27 heavy (non-hydrogen) atoms. The standard InChI is InChI=1S/C20H31NO2.C2H4O2/c1-2-3-4-5-6-7-8-9-10-13-17-14-11-12-15-18(17)20(23)19(21)16-22;1-2(3)4/h11-12,14-15,19-20,22-23H,2-7,10,13,16,21H2,1H3;1H3,(H,3,4). The minimum Gasteiger partial charge on any atom is -0.481 e. The Bertz CT molecular complexity index is 573. The Labute approximate surface area is 163 Å². The van der Waals surface area contributed by atoms with Gasteiger partial charge in [-0.2, -0.15) is 0 Å². The van der Waals surface area contributed by atoms with Crippen LogP contribution in [0.1, 0.15) is 76.0 Å². The summed E-state index contributed by atoms with van der Waals surface area (Å²) in [5.41, 5.74) is 7.59. The molecule has 0 aliphatic carbocycles. The smallest absolute Gasteiger partial charge is 0.300 e. The molecule has 5 nitrogen and oxygen atoms in total. The summed E-state index contributed by atoms with van der Waals surface area (Å²) in [5.74, 6) is 5.63. The molecule has 0 aliphatic rings. The van der Waals surface area contributed by atoms with E-state index in [0.717, 1.165) is 37.3 Å². The number of aliphatic carboxylic acids is 1. The van der Waals surface area contributed by atoms with Crippen LogP contribution in [0.25, 0.3) is 0 Å². The molecule has 0 amide bonds. The zero-order valence-electron chi connectivity index (χ0n) is 16.7. The molecule has 0 fully saturated rings. The van der Waals surface area contributed by atoms with Gasteiger partial charge in [0.15, 0.2) is 0 Å².